The van der Waals surface area contributed by atoms with Gasteiger partial charge in [-0.3, -0.25) is 9.59 Å². The first-order valence-corrected chi connectivity index (χ1v) is 12.1. The Kier molecular flexibility index (Phi) is 5.66. The van der Waals surface area contributed by atoms with Gasteiger partial charge in [-0.15, -0.1) is 0 Å². The Morgan fingerprint density at radius 3 is 2.40 bits per heavy atom. The molecule has 8 heteroatoms. The van der Waals surface area contributed by atoms with Crippen LogP contribution in [-0.2, 0) is 24.7 Å². The number of halogens is 1. The minimum absolute atomic E-state index is 0.00253. The van der Waals surface area contributed by atoms with Crippen LogP contribution in [0.2, 0.25) is 0 Å². The fourth-order valence-electron chi connectivity index (χ4n) is 5.95. The highest BCUT2D eigenvalue weighted by Crippen LogP contribution is 2.69. The third kappa shape index (κ3) is 3.23. The second kappa shape index (κ2) is 8.33. The predicted molar refractivity (Wildman–Crippen MR) is 131 cm³/mol. The van der Waals surface area contributed by atoms with Crippen LogP contribution in [0.25, 0.3) is 0 Å². The van der Waals surface area contributed by atoms with Crippen molar-refractivity contribution in [2.24, 2.45) is 5.92 Å². The summed E-state index contributed by atoms with van der Waals surface area (Å²) in [6.07, 6.45) is -0.146. The van der Waals surface area contributed by atoms with Crippen molar-refractivity contribution < 1.29 is 29.3 Å². The number of rotatable bonds is 4. The molecule has 5 unspecified atom stereocenters. The average molecular weight is 540 g/mol. The summed E-state index contributed by atoms with van der Waals surface area (Å²) in [6.45, 7) is 0. The standard InChI is InChI=1S/C27H26BrNO6/c1-29(2)25(32)18-14-26(33)22-20(13-19(30)23(31)24(22)34-3)35-27(26,16-9-11-17(28)12-10-16)21(18)15-7-5-4-6-8-15/h4-13,18-19,21,30,33H,14H2,1-3H3. The van der Waals surface area contributed by atoms with Crippen LogP contribution in [0.1, 0.15) is 23.5 Å². The number of methoxy groups -OCH3 is 1. The molecule has 5 atom stereocenters. The molecule has 2 aromatic carbocycles. The van der Waals surface area contributed by atoms with Crippen LogP contribution in [0.3, 0.4) is 0 Å². The number of hydrogen-bond donors (Lipinski definition) is 2. The van der Waals surface area contributed by atoms with E-state index in [-0.39, 0.29) is 29.4 Å². The number of nitrogens with zero attached hydrogens (tertiary/aromatic N) is 1. The van der Waals surface area contributed by atoms with Crippen molar-refractivity contribution in [3.8, 4) is 0 Å². The Bertz CT molecular complexity index is 1250. The SMILES string of the molecule is COC1=C2C(=CC(O)C1=O)OC1(c3ccc(Br)cc3)C(c3ccccc3)C(C(=O)N(C)C)CC21O. The number of amides is 1. The van der Waals surface area contributed by atoms with Crippen LogP contribution in [0.4, 0.5) is 0 Å². The van der Waals surface area contributed by atoms with Gasteiger partial charge in [0.2, 0.25) is 11.7 Å². The maximum atomic E-state index is 13.5. The summed E-state index contributed by atoms with van der Waals surface area (Å²) in [5.41, 5.74) is -1.61. The van der Waals surface area contributed by atoms with Gasteiger partial charge in [-0.2, -0.15) is 0 Å². The second-order valence-electron chi connectivity index (χ2n) is 9.38. The number of ether oxygens (including phenoxy) is 2. The molecular formula is C27H26BrNO6. The quantitative estimate of drug-likeness (QED) is 0.619. The van der Waals surface area contributed by atoms with E-state index in [1.165, 1.54) is 18.1 Å². The maximum absolute atomic E-state index is 13.5. The molecule has 7 nitrogen and oxygen atoms in total. The lowest BCUT2D eigenvalue weighted by Crippen LogP contribution is -2.48. The summed E-state index contributed by atoms with van der Waals surface area (Å²) < 4.78 is 12.9. The lowest BCUT2D eigenvalue weighted by molar-refractivity contribution is -0.134. The number of fused-ring (bicyclic) bond motifs is 3. The first-order valence-electron chi connectivity index (χ1n) is 11.3. The second-order valence-corrected chi connectivity index (χ2v) is 10.3. The van der Waals surface area contributed by atoms with Crippen LogP contribution in [-0.4, -0.2) is 59.7 Å². The molecule has 2 aromatic rings. The number of Topliss-reactive ketones (excluding diaryl/α,β-unsaturated/α-hetero) is 1. The molecule has 35 heavy (non-hydrogen) atoms. The number of carbonyl (C=O) groups excluding carboxylic acids is 2. The Morgan fingerprint density at radius 1 is 1.14 bits per heavy atom. The Labute approximate surface area is 211 Å². The van der Waals surface area contributed by atoms with E-state index in [0.717, 1.165) is 10.0 Å². The third-order valence-corrected chi connectivity index (χ3v) is 7.85. The molecule has 0 spiro atoms. The number of hydrogen-bond acceptors (Lipinski definition) is 6. The van der Waals surface area contributed by atoms with Gasteiger partial charge in [-0.1, -0.05) is 58.4 Å². The van der Waals surface area contributed by atoms with Gasteiger partial charge < -0.3 is 24.6 Å². The lowest BCUT2D eigenvalue weighted by atomic mass is 9.70. The topological polar surface area (TPSA) is 96.3 Å². The summed E-state index contributed by atoms with van der Waals surface area (Å²) in [5.74, 6) is -2.04. The van der Waals surface area contributed by atoms with Crippen LogP contribution >= 0.6 is 15.9 Å². The van der Waals surface area contributed by atoms with Crippen molar-refractivity contribution in [3.63, 3.8) is 0 Å². The molecule has 1 saturated carbocycles. The van der Waals surface area contributed by atoms with Crippen molar-refractivity contribution in [3.05, 3.63) is 93.4 Å². The zero-order valence-electron chi connectivity index (χ0n) is 19.6. The van der Waals surface area contributed by atoms with Gasteiger partial charge in [-0.25, -0.2) is 0 Å². The molecule has 1 saturated heterocycles. The summed E-state index contributed by atoms with van der Waals surface area (Å²) in [6, 6.07) is 16.9. The average Bonchev–Trinajstić information content (AvgIpc) is 3.24. The minimum atomic E-state index is -1.79. The van der Waals surface area contributed by atoms with Gasteiger partial charge in [0.05, 0.1) is 18.6 Å². The highest BCUT2D eigenvalue weighted by atomic mass is 79.9. The van der Waals surface area contributed by atoms with E-state index in [1.807, 2.05) is 54.6 Å². The van der Waals surface area contributed by atoms with Gasteiger partial charge in [0.15, 0.2) is 11.4 Å². The van der Waals surface area contributed by atoms with Gasteiger partial charge in [-0.05, 0) is 35.8 Å². The van der Waals surface area contributed by atoms with Crippen LogP contribution in [0.5, 0.6) is 0 Å². The molecule has 3 aliphatic rings. The maximum Gasteiger partial charge on any atom is 0.230 e. The molecule has 0 aromatic heterocycles. The fraction of sp³-hybridized carbons (Fsp3) is 0.333. The molecule has 1 amide bonds. The molecule has 1 heterocycles. The molecule has 5 rings (SSSR count). The predicted octanol–water partition coefficient (Wildman–Crippen LogP) is 3.03. The summed E-state index contributed by atoms with van der Waals surface area (Å²) in [7, 11) is 4.69. The van der Waals surface area contributed by atoms with Gasteiger partial charge in [0.25, 0.3) is 0 Å². The van der Waals surface area contributed by atoms with Gasteiger partial charge in [0, 0.05) is 24.5 Å². The van der Waals surface area contributed by atoms with Crippen molar-refractivity contribution in [2.45, 2.75) is 29.6 Å². The van der Waals surface area contributed by atoms with Crippen molar-refractivity contribution in [1.29, 1.82) is 0 Å². The largest absolute Gasteiger partial charge is 0.492 e. The van der Waals surface area contributed by atoms with Crippen molar-refractivity contribution >= 4 is 27.6 Å². The Balaban J connectivity index is 1.86. The highest BCUT2D eigenvalue weighted by Gasteiger charge is 2.75. The Morgan fingerprint density at radius 2 is 1.80 bits per heavy atom. The van der Waals surface area contributed by atoms with E-state index in [2.05, 4.69) is 15.9 Å². The van der Waals surface area contributed by atoms with Crippen LogP contribution < -0.4 is 0 Å². The number of ketones is 1. The van der Waals surface area contributed by atoms with Crippen LogP contribution in [0, 0.1) is 5.92 Å². The first-order chi connectivity index (χ1) is 16.7. The molecule has 2 aliphatic carbocycles. The molecule has 2 fully saturated rings. The van der Waals surface area contributed by atoms with Gasteiger partial charge in [0.1, 0.15) is 17.5 Å². The summed E-state index contributed by atoms with van der Waals surface area (Å²) in [5, 5.41) is 23.0. The van der Waals surface area contributed by atoms with E-state index < -0.39 is 34.9 Å². The zero-order valence-corrected chi connectivity index (χ0v) is 21.2. The molecule has 1 aliphatic heterocycles. The number of aliphatic hydroxyl groups is 2. The Hall–Kier alpha value is -2.94. The van der Waals surface area contributed by atoms with E-state index in [1.54, 1.807) is 14.1 Å². The molecule has 0 bridgehead atoms. The molecule has 182 valence electrons. The summed E-state index contributed by atoms with van der Waals surface area (Å²) in [4.78, 5) is 27.9. The monoisotopic (exact) mass is 539 g/mol. The third-order valence-electron chi connectivity index (χ3n) is 7.32. The van der Waals surface area contributed by atoms with Crippen molar-refractivity contribution in [1.82, 2.24) is 4.90 Å². The van der Waals surface area contributed by atoms with E-state index in [4.69, 9.17) is 9.47 Å². The van der Waals surface area contributed by atoms with Crippen LogP contribution in [0.15, 0.2) is 82.2 Å². The minimum Gasteiger partial charge on any atom is -0.492 e. The normalized spacial score (nSPS) is 31.4. The molecule has 0 radical (unpaired) electrons. The smallest absolute Gasteiger partial charge is 0.230 e. The zero-order chi connectivity index (χ0) is 25.1. The summed E-state index contributed by atoms with van der Waals surface area (Å²) >= 11 is 3.47. The van der Waals surface area contributed by atoms with E-state index >= 15 is 0 Å². The van der Waals surface area contributed by atoms with Crippen molar-refractivity contribution in [2.75, 3.05) is 21.2 Å². The highest BCUT2D eigenvalue weighted by molar-refractivity contribution is 9.10. The molecule has 2 N–H and O–H groups in total. The van der Waals surface area contributed by atoms with E-state index in [0.29, 0.717) is 5.56 Å². The number of benzene rings is 2. The first kappa shape index (κ1) is 23.8. The lowest BCUT2D eigenvalue weighted by Gasteiger charge is -2.40. The number of carbonyl (C=O) groups is 2. The fourth-order valence-corrected chi connectivity index (χ4v) is 6.22. The van der Waals surface area contributed by atoms with E-state index in [9.17, 15) is 19.8 Å². The molecular weight excluding hydrogens is 514 g/mol. The number of aliphatic hydroxyl groups excluding tert-OH is 1. The van der Waals surface area contributed by atoms with Gasteiger partial charge >= 0.3 is 0 Å².